The van der Waals surface area contributed by atoms with Crippen LogP contribution in [0.2, 0.25) is 10.0 Å². The average molecular weight is 429 g/mol. The monoisotopic (exact) mass is 428 g/mol. The quantitative estimate of drug-likeness (QED) is 0.293. The van der Waals surface area contributed by atoms with E-state index in [9.17, 15) is 14.0 Å². The van der Waals surface area contributed by atoms with Gasteiger partial charge in [0.25, 0.3) is 0 Å². The molecule has 0 unspecified atom stereocenters. The van der Waals surface area contributed by atoms with E-state index in [2.05, 4.69) is 0 Å². The minimum absolute atomic E-state index is 0.0450. The van der Waals surface area contributed by atoms with Crippen LogP contribution >= 0.6 is 23.2 Å². The number of halogens is 3. The van der Waals surface area contributed by atoms with Crippen molar-refractivity contribution in [3.05, 3.63) is 99.0 Å². The van der Waals surface area contributed by atoms with E-state index in [-0.39, 0.29) is 28.6 Å². The van der Waals surface area contributed by atoms with Gasteiger partial charge in [-0.05, 0) is 48.5 Å². The summed E-state index contributed by atoms with van der Waals surface area (Å²) in [6, 6.07) is 14.5. The number of rotatable bonds is 3. The van der Waals surface area contributed by atoms with Crippen LogP contribution in [-0.4, -0.2) is 11.8 Å². The number of hydrogen-bond acceptors (Lipinski definition) is 4. The van der Waals surface area contributed by atoms with Gasteiger partial charge < -0.3 is 9.47 Å². The van der Waals surface area contributed by atoms with E-state index in [0.717, 1.165) is 6.07 Å². The van der Waals surface area contributed by atoms with Crippen LogP contribution in [0.1, 0.15) is 26.3 Å². The molecule has 0 fully saturated rings. The highest BCUT2D eigenvalue weighted by Crippen LogP contribution is 2.36. The summed E-state index contributed by atoms with van der Waals surface area (Å²) in [4.78, 5) is 24.8. The number of Topliss-reactive ketones (excluding diaryl/α,β-unsaturated/α-hetero) is 1. The normalized spacial score (nSPS) is 13.9. The minimum atomic E-state index is -0.729. The van der Waals surface area contributed by atoms with E-state index in [0.29, 0.717) is 21.2 Å². The Hall–Kier alpha value is -3.15. The maximum absolute atomic E-state index is 13.3. The predicted molar refractivity (Wildman–Crippen MR) is 107 cm³/mol. The third-order valence-electron chi connectivity index (χ3n) is 4.19. The maximum atomic E-state index is 13.3. The van der Waals surface area contributed by atoms with Gasteiger partial charge in [0, 0.05) is 21.7 Å². The molecule has 1 aliphatic heterocycles. The van der Waals surface area contributed by atoms with Gasteiger partial charge in [0.1, 0.15) is 17.3 Å². The van der Waals surface area contributed by atoms with Gasteiger partial charge in [-0.15, -0.1) is 0 Å². The minimum Gasteiger partial charge on any atom is -0.452 e. The summed E-state index contributed by atoms with van der Waals surface area (Å²) in [5.41, 5.74) is 0.839. The zero-order valence-corrected chi connectivity index (χ0v) is 16.1. The Balaban J connectivity index is 1.59. The van der Waals surface area contributed by atoms with Crippen molar-refractivity contribution < 1.29 is 23.5 Å². The van der Waals surface area contributed by atoms with Crippen LogP contribution in [0, 0.1) is 5.82 Å². The molecule has 0 aliphatic carbocycles. The van der Waals surface area contributed by atoms with Crippen LogP contribution in [-0.2, 0) is 0 Å². The van der Waals surface area contributed by atoms with Crippen molar-refractivity contribution in [2.75, 3.05) is 0 Å². The first kappa shape index (κ1) is 19.2. The van der Waals surface area contributed by atoms with Crippen LogP contribution in [0.15, 0.2) is 66.4 Å². The highest BCUT2D eigenvalue weighted by molar-refractivity contribution is 6.37. The first-order chi connectivity index (χ1) is 13.9. The molecular weight excluding hydrogens is 418 g/mol. The lowest BCUT2D eigenvalue weighted by Crippen LogP contribution is -2.08. The molecule has 0 amide bonds. The lowest BCUT2D eigenvalue weighted by molar-refractivity contribution is 0.0734. The van der Waals surface area contributed by atoms with Gasteiger partial charge >= 0.3 is 5.97 Å². The second-order valence-electron chi connectivity index (χ2n) is 6.13. The highest BCUT2D eigenvalue weighted by Gasteiger charge is 2.28. The molecule has 4 rings (SSSR count). The van der Waals surface area contributed by atoms with Gasteiger partial charge in [-0.1, -0.05) is 35.3 Å². The lowest BCUT2D eigenvalue weighted by atomic mass is 10.1. The number of carbonyl (C=O) groups is 2. The Bertz CT molecular complexity index is 1170. The molecule has 0 aromatic heterocycles. The van der Waals surface area contributed by atoms with Crippen molar-refractivity contribution in [2.24, 2.45) is 0 Å². The summed E-state index contributed by atoms with van der Waals surface area (Å²) in [6.45, 7) is 0. The largest absolute Gasteiger partial charge is 0.452 e. The number of hydrogen-bond donors (Lipinski definition) is 0. The van der Waals surface area contributed by atoms with Gasteiger partial charge in [-0.2, -0.15) is 0 Å². The van der Waals surface area contributed by atoms with Crippen LogP contribution in [0.5, 0.6) is 11.5 Å². The Morgan fingerprint density at radius 3 is 2.45 bits per heavy atom. The molecule has 1 aliphatic rings. The molecule has 3 aromatic rings. The number of allylic oxidation sites excluding steroid dienone is 1. The summed E-state index contributed by atoms with van der Waals surface area (Å²) < 4.78 is 24.1. The van der Waals surface area contributed by atoms with Gasteiger partial charge in [0.2, 0.25) is 5.78 Å². The van der Waals surface area contributed by atoms with Crippen molar-refractivity contribution in [2.45, 2.75) is 0 Å². The number of carbonyl (C=O) groups excluding carboxylic acids is 2. The zero-order chi connectivity index (χ0) is 20.5. The van der Waals surface area contributed by atoms with E-state index >= 15 is 0 Å². The fourth-order valence-corrected chi connectivity index (χ4v) is 3.30. The molecule has 0 saturated heterocycles. The van der Waals surface area contributed by atoms with Crippen LogP contribution in [0.3, 0.4) is 0 Å². The molecule has 0 saturated carbocycles. The molecule has 3 aromatic carbocycles. The zero-order valence-electron chi connectivity index (χ0n) is 14.6. The summed E-state index contributed by atoms with van der Waals surface area (Å²) in [5.74, 6) is -1.19. The third-order valence-corrected chi connectivity index (χ3v) is 4.85. The van der Waals surface area contributed by atoms with Crippen molar-refractivity contribution >= 4 is 41.0 Å². The molecule has 0 atom stereocenters. The molecule has 4 nitrogen and oxygen atoms in total. The molecule has 144 valence electrons. The summed E-state index contributed by atoms with van der Waals surface area (Å²) in [7, 11) is 0. The predicted octanol–water partition coefficient (Wildman–Crippen LogP) is 5.97. The Morgan fingerprint density at radius 1 is 1.00 bits per heavy atom. The van der Waals surface area contributed by atoms with E-state index < -0.39 is 11.8 Å². The smallest absolute Gasteiger partial charge is 0.343 e. The van der Waals surface area contributed by atoms with Gasteiger partial charge in [-0.25, -0.2) is 9.18 Å². The van der Waals surface area contributed by atoms with Crippen LogP contribution < -0.4 is 9.47 Å². The Labute approximate surface area is 175 Å². The average Bonchev–Trinajstić information content (AvgIpc) is 3.00. The van der Waals surface area contributed by atoms with Crippen LogP contribution in [0.25, 0.3) is 6.08 Å². The van der Waals surface area contributed by atoms with Crippen molar-refractivity contribution in [1.29, 1.82) is 0 Å². The van der Waals surface area contributed by atoms with Gasteiger partial charge in [0.05, 0.1) is 11.1 Å². The first-order valence-electron chi connectivity index (χ1n) is 8.42. The lowest BCUT2D eigenvalue weighted by Gasteiger charge is -2.06. The molecule has 0 bridgehead atoms. The van der Waals surface area contributed by atoms with E-state index in [1.807, 2.05) is 0 Å². The molecule has 0 spiro atoms. The molecule has 1 heterocycles. The second kappa shape index (κ2) is 7.70. The standard InChI is InChI=1S/C22H11Cl2FO4/c23-17-5-2-6-18(24)16(17)11-20-21(26)15-8-7-14(10-19(15)29-20)28-22(27)12-3-1-4-13(25)9-12/h1-11H/b20-11-. The maximum Gasteiger partial charge on any atom is 0.343 e. The number of ether oxygens (including phenoxy) is 2. The summed E-state index contributed by atoms with van der Waals surface area (Å²) in [6.07, 6.45) is 1.46. The SMILES string of the molecule is O=C(Oc1ccc2c(c1)O/C(=C\c1c(Cl)cccc1Cl)C2=O)c1cccc(F)c1. The van der Waals surface area contributed by atoms with E-state index in [1.165, 1.54) is 42.5 Å². The van der Waals surface area contributed by atoms with Crippen molar-refractivity contribution in [3.8, 4) is 11.5 Å². The summed E-state index contributed by atoms with van der Waals surface area (Å²) in [5, 5.41) is 0.754. The topological polar surface area (TPSA) is 52.6 Å². The fourth-order valence-electron chi connectivity index (χ4n) is 2.79. The molecular formula is C22H11Cl2FO4. The van der Waals surface area contributed by atoms with Crippen molar-refractivity contribution in [1.82, 2.24) is 0 Å². The number of fused-ring (bicyclic) bond motifs is 1. The molecule has 29 heavy (non-hydrogen) atoms. The highest BCUT2D eigenvalue weighted by atomic mass is 35.5. The third kappa shape index (κ3) is 3.88. The Morgan fingerprint density at radius 2 is 1.72 bits per heavy atom. The summed E-state index contributed by atoms with van der Waals surface area (Å²) >= 11 is 12.3. The van der Waals surface area contributed by atoms with E-state index in [4.69, 9.17) is 32.7 Å². The first-order valence-corrected chi connectivity index (χ1v) is 9.18. The second-order valence-corrected chi connectivity index (χ2v) is 6.95. The fraction of sp³-hybridized carbons (Fsp3) is 0. The molecule has 0 radical (unpaired) electrons. The number of esters is 1. The molecule has 0 N–H and O–H groups in total. The van der Waals surface area contributed by atoms with Crippen LogP contribution in [0.4, 0.5) is 4.39 Å². The van der Waals surface area contributed by atoms with E-state index in [1.54, 1.807) is 18.2 Å². The Kier molecular flexibility index (Phi) is 5.09. The van der Waals surface area contributed by atoms with Gasteiger partial charge in [-0.3, -0.25) is 4.79 Å². The molecule has 7 heteroatoms. The van der Waals surface area contributed by atoms with Crippen molar-refractivity contribution in [3.63, 3.8) is 0 Å². The number of benzene rings is 3. The number of ketones is 1. The van der Waals surface area contributed by atoms with Gasteiger partial charge in [0.15, 0.2) is 5.76 Å².